The molecule has 2 N–H and O–H groups in total. The van der Waals surface area contributed by atoms with E-state index in [4.69, 9.17) is 18.0 Å². The monoisotopic (exact) mass is 309 g/mol. The minimum Gasteiger partial charge on any atom is -0.389 e. The molecule has 1 aliphatic rings. The van der Waals surface area contributed by atoms with Gasteiger partial charge in [-0.05, 0) is 63.6 Å². The van der Waals surface area contributed by atoms with E-state index in [9.17, 15) is 4.39 Å². The summed E-state index contributed by atoms with van der Waals surface area (Å²) in [6.45, 7) is 4.15. The Hall–Kier alpha value is -1.04. The maximum Gasteiger partial charge on any atom is 0.123 e. The molecule has 21 heavy (non-hydrogen) atoms. The fraction of sp³-hybridized carbons (Fsp3) is 0.562. The largest absolute Gasteiger partial charge is 0.389 e. The highest BCUT2D eigenvalue weighted by atomic mass is 32.1. The van der Waals surface area contributed by atoms with Crippen LogP contribution in [-0.4, -0.2) is 48.5 Å². The normalized spacial score (nSPS) is 17.3. The fourth-order valence-corrected chi connectivity index (χ4v) is 3.15. The second-order valence-corrected chi connectivity index (χ2v) is 6.55. The van der Waals surface area contributed by atoms with Gasteiger partial charge >= 0.3 is 0 Å². The molecule has 1 aliphatic heterocycles. The first-order valence-corrected chi connectivity index (χ1v) is 7.82. The average Bonchev–Trinajstić information content (AvgIpc) is 2.43. The molecular formula is C16H24FN3S. The van der Waals surface area contributed by atoms with Crippen LogP contribution >= 0.6 is 12.2 Å². The third kappa shape index (κ3) is 4.73. The third-order valence-electron chi connectivity index (χ3n) is 4.19. The molecule has 1 aromatic carbocycles. The predicted octanol–water partition coefficient (Wildman–Crippen LogP) is 2.23. The van der Waals surface area contributed by atoms with Crippen LogP contribution in [0, 0.1) is 11.7 Å². The molecular weight excluding hydrogens is 285 g/mol. The van der Waals surface area contributed by atoms with Gasteiger partial charge in [-0.15, -0.1) is 0 Å². The van der Waals surface area contributed by atoms with E-state index in [1.807, 2.05) is 0 Å². The van der Waals surface area contributed by atoms with Gasteiger partial charge in [0.1, 0.15) is 10.8 Å². The second kappa shape index (κ2) is 7.29. The van der Waals surface area contributed by atoms with Crippen molar-refractivity contribution in [2.75, 3.05) is 33.7 Å². The Balaban J connectivity index is 1.96. The van der Waals surface area contributed by atoms with E-state index in [0.717, 1.165) is 24.6 Å². The number of piperidine rings is 1. The van der Waals surface area contributed by atoms with E-state index in [0.29, 0.717) is 5.56 Å². The van der Waals surface area contributed by atoms with Crippen molar-refractivity contribution in [3.63, 3.8) is 0 Å². The number of hydrogen-bond donors (Lipinski definition) is 1. The second-order valence-electron chi connectivity index (χ2n) is 6.11. The smallest absolute Gasteiger partial charge is 0.123 e. The number of benzene rings is 1. The van der Waals surface area contributed by atoms with Crippen LogP contribution < -0.4 is 5.73 Å². The molecule has 0 unspecified atom stereocenters. The van der Waals surface area contributed by atoms with Gasteiger partial charge in [-0.1, -0.05) is 18.3 Å². The summed E-state index contributed by atoms with van der Waals surface area (Å²) in [5, 5.41) is 0. The van der Waals surface area contributed by atoms with Crippen LogP contribution in [-0.2, 0) is 6.54 Å². The van der Waals surface area contributed by atoms with Gasteiger partial charge in [-0.25, -0.2) is 4.39 Å². The quantitative estimate of drug-likeness (QED) is 0.846. The van der Waals surface area contributed by atoms with Crippen LogP contribution in [0.3, 0.4) is 0 Å². The van der Waals surface area contributed by atoms with Crippen LogP contribution in [0.15, 0.2) is 18.2 Å². The van der Waals surface area contributed by atoms with E-state index >= 15 is 0 Å². The summed E-state index contributed by atoms with van der Waals surface area (Å²) in [6.07, 6.45) is 2.48. The van der Waals surface area contributed by atoms with E-state index < -0.39 is 0 Å². The summed E-state index contributed by atoms with van der Waals surface area (Å²) in [5.74, 6) is 0.444. The molecule has 1 aromatic rings. The first-order valence-electron chi connectivity index (χ1n) is 7.41. The zero-order valence-electron chi connectivity index (χ0n) is 12.8. The van der Waals surface area contributed by atoms with Gasteiger partial charge in [-0.3, -0.25) is 0 Å². The molecule has 1 heterocycles. The number of nitrogens with two attached hydrogens (primary N) is 1. The Bertz CT molecular complexity index is 498. The topological polar surface area (TPSA) is 32.5 Å². The lowest BCUT2D eigenvalue weighted by atomic mass is 9.96. The van der Waals surface area contributed by atoms with Crippen molar-refractivity contribution in [3.8, 4) is 0 Å². The first kappa shape index (κ1) is 16.3. The molecule has 1 saturated heterocycles. The van der Waals surface area contributed by atoms with Crippen LogP contribution in [0.25, 0.3) is 0 Å². The summed E-state index contributed by atoms with van der Waals surface area (Å²) < 4.78 is 13.3. The van der Waals surface area contributed by atoms with E-state index in [1.54, 1.807) is 6.07 Å². The van der Waals surface area contributed by atoms with Crippen molar-refractivity contribution >= 4 is 17.2 Å². The highest BCUT2D eigenvalue weighted by Gasteiger charge is 2.18. The zero-order chi connectivity index (χ0) is 15.4. The van der Waals surface area contributed by atoms with Crippen molar-refractivity contribution in [1.82, 2.24) is 9.80 Å². The SMILES string of the molecule is CN1CCC(CN(C)Cc2ccc(F)cc2C(N)=S)CC1. The van der Waals surface area contributed by atoms with Crippen molar-refractivity contribution in [2.24, 2.45) is 11.7 Å². The number of hydrogen-bond acceptors (Lipinski definition) is 3. The van der Waals surface area contributed by atoms with E-state index in [2.05, 4.69) is 23.9 Å². The van der Waals surface area contributed by atoms with Crippen LogP contribution in [0.2, 0.25) is 0 Å². The van der Waals surface area contributed by atoms with Gasteiger partial charge in [0.25, 0.3) is 0 Å². The predicted molar refractivity (Wildman–Crippen MR) is 88.8 cm³/mol. The zero-order valence-corrected chi connectivity index (χ0v) is 13.6. The standard InChI is InChI=1S/C16H24FN3S/c1-19-7-5-12(6-8-19)10-20(2)11-13-3-4-14(17)9-15(13)16(18)21/h3-4,9,12H,5-8,10-11H2,1-2H3,(H2,18,21). The maximum absolute atomic E-state index is 13.3. The summed E-state index contributed by atoms with van der Waals surface area (Å²) in [7, 11) is 4.28. The molecule has 1 fully saturated rings. The van der Waals surface area contributed by atoms with Gasteiger partial charge in [0.05, 0.1) is 0 Å². The lowest BCUT2D eigenvalue weighted by molar-refractivity contribution is 0.173. The Kier molecular flexibility index (Phi) is 5.67. The van der Waals surface area contributed by atoms with Crippen LogP contribution in [0.4, 0.5) is 4.39 Å². The summed E-state index contributed by atoms with van der Waals surface area (Å²) in [5.41, 5.74) is 7.35. The maximum atomic E-state index is 13.3. The molecule has 0 aromatic heterocycles. The Labute approximate surface area is 131 Å². The summed E-state index contributed by atoms with van der Waals surface area (Å²) in [4.78, 5) is 4.92. The number of likely N-dealkylation sites (tertiary alicyclic amines) is 1. The Morgan fingerprint density at radius 2 is 2.10 bits per heavy atom. The van der Waals surface area contributed by atoms with Gasteiger partial charge in [0, 0.05) is 18.7 Å². The lowest BCUT2D eigenvalue weighted by Gasteiger charge is -2.31. The van der Waals surface area contributed by atoms with Crippen LogP contribution in [0.5, 0.6) is 0 Å². The molecule has 0 amide bonds. The van der Waals surface area contributed by atoms with Gasteiger partial charge in [0.15, 0.2) is 0 Å². The van der Waals surface area contributed by atoms with Gasteiger partial charge in [-0.2, -0.15) is 0 Å². The molecule has 0 saturated carbocycles. The molecule has 2 rings (SSSR count). The fourth-order valence-electron chi connectivity index (χ4n) is 2.96. The van der Waals surface area contributed by atoms with Gasteiger partial charge in [0.2, 0.25) is 0 Å². The number of halogens is 1. The Morgan fingerprint density at radius 1 is 1.43 bits per heavy atom. The average molecular weight is 309 g/mol. The van der Waals surface area contributed by atoms with E-state index in [1.165, 1.54) is 38.1 Å². The molecule has 0 aliphatic carbocycles. The van der Waals surface area contributed by atoms with Crippen molar-refractivity contribution in [3.05, 3.63) is 35.1 Å². The van der Waals surface area contributed by atoms with Crippen molar-refractivity contribution in [2.45, 2.75) is 19.4 Å². The number of rotatable bonds is 5. The number of nitrogens with zero attached hydrogens (tertiary/aromatic N) is 2. The summed E-state index contributed by atoms with van der Waals surface area (Å²) in [6, 6.07) is 4.69. The Morgan fingerprint density at radius 3 is 2.71 bits per heavy atom. The molecule has 5 heteroatoms. The molecule has 116 valence electrons. The highest BCUT2D eigenvalue weighted by Crippen LogP contribution is 2.19. The van der Waals surface area contributed by atoms with E-state index in [-0.39, 0.29) is 10.8 Å². The number of thiocarbonyl (C=S) groups is 1. The van der Waals surface area contributed by atoms with Crippen LogP contribution in [0.1, 0.15) is 24.0 Å². The highest BCUT2D eigenvalue weighted by molar-refractivity contribution is 7.80. The minimum atomic E-state index is -0.292. The molecule has 0 atom stereocenters. The molecule has 0 spiro atoms. The first-order chi connectivity index (χ1) is 9.95. The lowest BCUT2D eigenvalue weighted by Crippen LogP contribution is -2.35. The summed E-state index contributed by atoms with van der Waals surface area (Å²) >= 11 is 5.02. The minimum absolute atomic E-state index is 0.261. The third-order valence-corrected chi connectivity index (χ3v) is 4.41. The molecule has 3 nitrogen and oxygen atoms in total. The van der Waals surface area contributed by atoms with Gasteiger partial charge < -0.3 is 15.5 Å². The molecule has 0 bridgehead atoms. The van der Waals surface area contributed by atoms with Crippen molar-refractivity contribution in [1.29, 1.82) is 0 Å². The van der Waals surface area contributed by atoms with Crippen molar-refractivity contribution < 1.29 is 4.39 Å². The molecule has 0 radical (unpaired) electrons.